The summed E-state index contributed by atoms with van der Waals surface area (Å²) in [6, 6.07) is 11.1. The first-order valence-electron chi connectivity index (χ1n) is 7.98. The van der Waals surface area contributed by atoms with Crippen LogP contribution in [0.15, 0.2) is 30.3 Å². The zero-order chi connectivity index (χ0) is 13.7. The van der Waals surface area contributed by atoms with Crippen LogP contribution in [0.2, 0.25) is 0 Å². The average Bonchev–Trinajstić information content (AvgIpc) is 3.18. The van der Waals surface area contributed by atoms with Gasteiger partial charge >= 0.3 is 0 Å². The van der Waals surface area contributed by atoms with E-state index in [-0.39, 0.29) is 0 Å². The van der Waals surface area contributed by atoms with Crippen molar-refractivity contribution in [3.05, 3.63) is 35.9 Å². The number of hydrogen-bond donors (Lipinski definition) is 1. The first kappa shape index (κ1) is 14.6. The van der Waals surface area contributed by atoms with Gasteiger partial charge in [-0.25, -0.2) is 0 Å². The van der Waals surface area contributed by atoms with Crippen LogP contribution in [0.3, 0.4) is 0 Å². The first-order valence-corrected chi connectivity index (χ1v) is 7.98. The smallest absolute Gasteiger partial charge is 0.00175 e. The molecule has 19 heavy (non-hydrogen) atoms. The van der Waals surface area contributed by atoms with Crippen LogP contribution in [0, 0.1) is 17.8 Å². The van der Waals surface area contributed by atoms with E-state index in [4.69, 9.17) is 0 Å². The second-order valence-electron chi connectivity index (χ2n) is 6.52. The van der Waals surface area contributed by atoms with Crippen LogP contribution in [-0.4, -0.2) is 13.1 Å². The van der Waals surface area contributed by atoms with Crippen LogP contribution in [0.1, 0.15) is 51.5 Å². The zero-order valence-electron chi connectivity index (χ0n) is 12.7. The maximum atomic E-state index is 3.66. The summed E-state index contributed by atoms with van der Waals surface area (Å²) in [6.45, 7) is 9.25. The van der Waals surface area contributed by atoms with Crippen molar-refractivity contribution in [1.29, 1.82) is 0 Å². The summed E-state index contributed by atoms with van der Waals surface area (Å²) in [7, 11) is 0. The molecule has 1 heteroatoms. The van der Waals surface area contributed by atoms with E-state index >= 15 is 0 Å². The normalized spacial score (nSPS) is 23.6. The molecule has 1 saturated carbocycles. The third-order valence-corrected chi connectivity index (χ3v) is 4.29. The molecule has 1 aliphatic rings. The Morgan fingerprint density at radius 1 is 1.16 bits per heavy atom. The number of hydrogen-bond acceptors (Lipinski definition) is 1. The molecule has 1 aromatic carbocycles. The van der Waals surface area contributed by atoms with Gasteiger partial charge in [-0.3, -0.25) is 0 Å². The maximum absolute atomic E-state index is 3.66. The Labute approximate surface area is 118 Å². The maximum Gasteiger partial charge on any atom is -0.00175 e. The Kier molecular flexibility index (Phi) is 5.45. The van der Waals surface area contributed by atoms with Gasteiger partial charge in [0.2, 0.25) is 0 Å². The Morgan fingerprint density at radius 3 is 2.53 bits per heavy atom. The summed E-state index contributed by atoms with van der Waals surface area (Å²) < 4.78 is 0. The molecule has 3 atom stereocenters. The minimum Gasteiger partial charge on any atom is -0.316 e. The SMILES string of the molecule is CCCC(CNCC(C)C)C1CC1c1ccccc1. The van der Waals surface area contributed by atoms with E-state index in [9.17, 15) is 0 Å². The molecule has 0 aliphatic heterocycles. The number of rotatable bonds is 8. The highest BCUT2D eigenvalue weighted by atomic mass is 14.9. The standard InChI is InChI=1S/C18H29N/c1-4-8-16(13-19-12-14(2)3)18-11-17(18)15-9-6-5-7-10-15/h5-7,9-10,14,16-19H,4,8,11-13H2,1-3H3. The van der Waals surface area contributed by atoms with Gasteiger partial charge in [-0.1, -0.05) is 57.5 Å². The van der Waals surface area contributed by atoms with Gasteiger partial charge in [0.1, 0.15) is 0 Å². The van der Waals surface area contributed by atoms with Crippen LogP contribution in [-0.2, 0) is 0 Å². The molecule has 3 unspecified atom stereocenters. The Hall–Kier alpha value is -0.820. The van der Waals surface area contributed by atoms with Crippen molar-refractivity contribution in [2.24, 2.45) is 17.8 Å². The summed E-state index contributed by atoms with van der Waals surface area (Å²) in [5.74, 6) is 3.38. The fourth-order valence-corrected chi connectivity index (χ4v) is 3.21. The van der Waals surface area contributed by atoms with Crippen molar-refractivity contribution in [2.45, 2.75) is 46.0 Å². The van der Waals surface area contributed by atoms with E-state index in [1.165, 1.54) is 25.8 Å². The highest BCUT2D eigenvalue weighted by Gasteiger charge is 2.42. The van der Waals surface area contributed by atoms with E-state index in [0.29, 0.717) is 0 Å². The van der Waals surface area contributed by atoms with Crippen molar-refractivity contribution >= 4 is 0 Å². The monoisotopic (exact) mass is 259 g/mol. The minimum absolute atomic E-state index is 0.756. The predicted molar refractivity (Wildman–Crippen MR) is 83.4 cm³/mol. The topological polar surface area (TPSA) is 12.0 Å². The molecule has 1 nitrogen and oxygen atoms in total. The van der Waals surface area contributed by atoms with Crippen molar-refractivity contribution in [3.63, 3.8) is 0 Å². The first-order chi connectivity index (χ1) is 9.22. The van der Waals surface area contributed by atoms with E-state index in [1.54, 1.807) is 5.56 Å². The quantitative estimate of drug-likeness (QED) is 0.727. The van der Waals surface area contributed by atoms with Gasteiger partial charge in [0.25, 0.3) is 0 Å². The molecule has 106 valence electrons. The lowest BCUT2D eigenvalue weighted by molar-refractivity contribution is 0.378. The van der Waals surface area contributed by atoms with Gasteiger partial charge in [-0.15, -0.1) is 0 Å². The van der Waals surface area contributed by atoms with Crippen LogP contribution in [0.5, 0.6) is 0 Å². The van der Waals surface area contributed by atoms with Crippen LogP contribution < -0.4 is 5.32 Å². The van der Waals surface area contributed by atoms with Gasteiger partial charge in [-0.2, -0.15) is 0 Å². The van der Waals surface area contributed by atoms with Crippen LogP contribution >= 0.6 is 0 Å². The van der Waals surface area contributed by atoms with Crippen LogP contribution in [0.25, 0.3) is 0 Å². The predicted octanol–water partition coefficient (Wildman–Crippen LogP) is 4.45. The van der Waals surface area contributed by atoms with Gasteiger partial charge in [0, 0.05) is 0 Å². The van der Waals surface area contributed by atoms with Gasteiger partial charge < -0.3 is 5.32 Å². The summed E-state index contributed by atoms with van der Waals surface area (Å²) >= 11 is 0. The molecule has 0 saturated heterocycles. The van der Waals surface area contributed by atoms with Crippen molar-refractivity contribution < 1.29 is 0 Å². The lowest BCUT2D eigenvalue weighted by atomic mass is 9.94. The van der Waals surface area contributed by atoms with Crippen molar-refractivity contribution in [2.75, 3.05) is 13.1 Å². The third kappa shape index (κ3) is 4.35. The largest absolute Gasteiger partial charge is 0.316 e. The molecule has 1 aromatic rings. The molecule has 0 heterocycles. The molecule has 1 fully saturated rings. The van der Waals surface area contributed by atoms with Gasteiger partial charge in [0.15, 0.2) is 0 Å². The van der Waals surface area contributed by atoms with E-state index < -0.39 is 0 Å². The summed E-state index contributed by atoms with van der Waals surface area (Å²) in [4.78, 5) is 0. The number of nitrogens with one attached hydrogen (secondary N) is 1. The number of benzene rings is 1. The molecule has 0 aromatic heterocycles. The molecule has 0 amide bonds. The average molecular weight is 259 g/mol. The minimum atomic E-state index is 0.756. The Morgan fingerprint density at radius 2 is 1.89 bits per heavy atom. The Balaban J connectivity index is 1.84. The van der Waals surface area contributed by atoms with Crippen molar-refractivity contribution in [1.82, 2.24) is 5.32 Å². The lowest BCUT2D eigenvalue weighted by Crippen LogP contribution is -2.27. The highest BCUT2D eigenvalue weighted by molar-refractivity contribution is 5.26. The highest BCUT2D eigenvalue weighted by Crippen LogP contribution is 2.52. The molecule has 1 aliphatic carbocycles. The fraction of sp³-hybridized carbons (Fsp3) is 0.667. The van der Waals surface area contributed by atoms with E-state index in [1.807, 2.05) is 0 Å². The zero-order valence-corrected chi connectivity index (χ0v) is 12.7. The van der Waals surface area contributed by atoms with Crippen LogP contribution in [0.4, 0.5) is 0 Å². The van der Waals surface area contributed by atoms with E-state index in [0.717, 1.165) is 30.2 Å². The van der Waals surface area contributed by atoms with E-state index in [2.05, 4.69) is 56.4 Å². The molecule has 0 radical (unpaired) electrons. The molecule has 2 rings (SSSR count). The summed E-state index contributed by atoms with van der Waals surface area (Å²) in [5.41, 5.74) is 1.55. The summed E-state index contributed by atoms with van der Waals surface area (Å²) in [5, 5.41) is 3.66. The molecule has 0 bridgehead atoms. The second-order valence-corrected chi connectivity index (χ2v) is 6.52. The Bertz CT molecular complexity index is 357. The van der Waals surface area contributed by atoms with Gasteiger partial charge in [0.05, 0.1) is 0 Å². The fourth-order valence-electron chi connectivity index (χ4n) is 3.21. The third-order valence-electron chi connectivity index (χ3n) is 4.29. The second kappa shape index (κ2) is 7.09. The lowest BCUT2D eigenvalue weighted by Gasteiger charge is -2.18. The molecular weight excluding hydrogens is 230 g/mol. The molecule has 1 N–H and O–H groups in total. The molecular formula is C18H29N. The summed E-state index contributed by atoms with van der Waals surface area (Å²) in [6.07, 6.45) is 4.09. The van der Waals surface area contributed by atoms with Crippen molar-refractivity contribution in [3.8, 4) is 0 Å². The van der Waals surface area contributed by atoms with Gasteiger partial charge in [-0.05, 0) is 55.2 Å². The molecule has 0 spiro atoms.